The van der Waals surface area contributed by atoms with Gasteiger partial charge in [0.15, 0.2) is 0 Å². The number of thiocarbonyl (C=S) groups is 1. The van der Waals surface area contributed by atoms with Gasteiger partial charge in [0.1, 0.15) is 4.99 Å². The van der Waals surface area contributed by atoms with E-state index in [0.717, 1.165) is 11.3 Å². The van der Waals surface area contributed by atoms with Crippen LogP contribution in [0.2, 0.25) is 0 Å². The molecule has 0 aliphatic carbocycles. The van der Waals surface area contributed by atoms with E-state index in [2.05, 4.69) is 4.72 Å². The topological polar surface area (TPSA) is 72.2 Å². The molecule has 1 aromatic rings. The third kappa shape index (κ3) is 4.45. The number of thioether (sulfide) groups is 1. The van der Waals surface area contributed by atoms with E-state index in [0.29, 0.717) is 5.56 Å². The van der Waals surface area contributed by atoms with Crippen LogP contribution in [0.15, 0.2) is 23.1 Å². The lowest BCUT2D eigenvalue weighted by atomic mass is 10.1. The fourth-order valence-electron chi connectivity index (χ4n) is 1.70. The van der Waals surface area contributed by atoms with E-state index in [9.17, 15) is 8.42 Å². The smallest absolute Gasteiger partial charge is 0.240 e. The molecule has 19 heavy (non-hydrogen) atoms. The molecule has 1 aromatic carbocycles. The Morgan fingerprint density at radius 3 is 2.63 bits per heavy atom. The van der Waals surface area contributed by atoms with Crippen LogP contribution in [0.25, 0.3) is 0 Å². The molecule has 1 rings (SSSR count). The largest absolute Gasteiger partial charge is 0.389 e. The number of nitrogens with one attached hydrogen (secondary N) is 1. The summed E-state index contributed by atoms with van der Waals surface area (Å²) in [6.45, 7) is 3.63. The lowest BCUT2D eigenvalue weighted by Gasteiger charge is -2.14. The van der Waals surface area contributed by atoms with Crippen molar-refractivity contribution in [3.8, 4) is 0 Å². The molecule has 0 aliphatic heterocycles. The van der Waals surface area contributed by atoms with Gasteiger partial charge in [-0.2, -0.15) is 11.8 Å². The van der Waals surface area contributed by atoms with E-state index in [4.69, 9.17) is 18.0 Å². The SMILES string of the molecule is CSCC(C)NS(=O)(=O)c1ccc(C(N)=S)c(C)c1. The van der Waals surface area contributed by atoms with Gasteiger partial charge >= 0.3 is 0 Å². The molecule has 7 heteroatoms. The van der Waals surface area contributed by atoms with Gasteiger partial charge in [0, 0.05) is 17.4 Å². The minimum absolute atomic E-state index is 0.115. The van der Waals surface area contributed by atoms with Gasteiger partial charge in [0.05, 0.1) is 4.90 Å². The number of nitrogens with two attached hydrogens (primary N) is 1. The molecule has 0 bridgehead atoms. The Morgan fingerprint density at radius 1 is 1.53 bits per heavy atom. The molecule has 0 heterocycles. The molecule has 0 fully saturated rings. The zero-order valence-electron chi connectivity index (χ0n) is 11.1. The summed E-state index contributed by atoms with van der Waals surface area (Å²) in [5, 5.41) is 0. The maximum absolute atomic E-state index is 12.2. The quantitative estimate of drug-likeness (QED) is 0.781. The molecule has 0 amide bonds. The number of hydrogen-bond donors (Lipinski definition) is 2. The van der Waals surface area contributed by atoms with E-state index in [1.165, 1.54) is 6.07 Å². The van der Waals surface area contributed by atoms with Crippen molar-refractivity contribution in [3.05, 3.63) is 29.3 Å². The van der Waals surface area contributed by atoms with Crippen LogP contribution in [-0.2, 0) is 10.0 Å². The highest BCUT2D eigenvalue weighted by molar-refractivity contribution is 7.98. The standard InChI is InChI=1S/C12H18N2O2S3/c1-8-6-10(4-5-11(8)12(13)17)19(15,16)14-9(2)7-18-3/h4-6,9,14H,7H2,1-3H3,(H2,13,17). The summed E-state index contributed by atoms with van der Waals surface area (Å²) in [7, 11) is -3.49. The number of benzene rings is 1. The van der Waals surface area contributed by atoms with Crippen LogP contribution in [0, 0.1) is 6.92 Å². The van der Waals surface area contributed by atoms with Gasteiger partial charge in [-0.1, -0.05) is 18.3 Å². The monoisotopic (exact) mass is 318 g/mol. The molecular weight excluding hydrogens is 300 g/mol. The molecule has 106 valence electrons. The predicted octanol–water partition coefficient (Wildman–Crippen LogP) is 1.66. The van der Waals surface area contributed by atoms with Crippen molar-refractivity contribution in [1.82, 2.24) is 4.72 Å². The molecule has 0 spiro atoms. The third-order valence-electron chi connectivity index (χ3n) is 2.55. The predicted molar refractivity (Wildman–Crippen MR) is 85.2 cm³/mol. The van der Waals surface area contributed by atoms with Crippen LogP contribution in [0.4, 0.5) is 0 Å². The molecule has 0 aromatic heterocycles. The zero-order chi connectivity index (χ0) is 14.6. The van der Waals surface area contributed by atoms with Gasteiger partial charge in [-0.05, 0) is 37.8 Å². The molecule has 1 unspecified atom stereocenters. The van der Waals surface area contributed by atoms with E-state index >= 15 is 0 Å². The lowest BCUT2D eigenvalue weighted by molar-refractivity contribution is 0.571. The third-order valence-corrected chi connectivity index (χ3v) is 5.19. The summed E-state index contributed by atoms with van der Waals surface area (Å²) in [5.74, 6) is 0.725. The van der Waals surface area contributed by atoms with Crippen molar-refractivity contribution in [3.63, 3.8) is 0 Å². The molecule has 4 nitrogen and oxygen atoms in total. The minimum atomic E-state index is -3.49. The number of aryl methyl sites for hydroxylation is 1. The Kier molecular flexibility index (Phi) is 5.79. The number of rotatable bonds is 6. The first-order valence-electron chi connectivity index (χ1n) is 5.69. The summed E-state index contributed by atoms with van der Waals surface area (Å²) in [6, 6.07) is 4.64. The zero-order valence-corrected chi connectivity index (χ0v) is 13.6. The first kappa shape index (κ1) is 16.4. The van der Waals surface area contributed by atoms with Gasteiger partial charge in [0.2, 0.25) is 10.0 Å². The molecule has 3 N–H and O–H groups in total. The lowest BCUT2D eigenvalue weighted by Crippen LogP contribution is -2.34. The summed E-state index contributed by atoms with van der Waals surface area (Å²) in [5.41, 5.74) is 7.02. The average molecular weight is 318 g/mol. The summed E-state index contributed by atoms with van der Waals surface area (Å²) < 4.78 is 27.0. The second-order valence-electron chi connectivity index (χ2n) is 4.32. The Morgan fingerprint density at radius 2 is 2.16 bits per heavy atom. The number of sulfonamides is 1. The van der Waals surface area contributed by atoms with E-state index in [1.807, 2.05) is 13.2 Å². The van der Waals surface area contributed by atoms with E-state index in [1.54, 1.807) is 30.8 Å². The van der Waals surface area contributed by atoms with Gasteiger partial charge in [-0.3, -0.25) is 0 Å². The molecule has 0 aliphatic rings. The Balaban J connectivity index is 3.03. The van der Waals surface area contributed by atoms with Gasteiger partial charge in [-0.15, -0.1) is 0 Å². The maximum Gasteiger partial charge on any atom is 0.240 e. The Bertz CT molecular complexity index is 570. The minimum Gasteiger partial charge on any atom is -0.389 e. The number of hydrogen-bond acceptors (Lipinski definition) is 4. The van der Waals surface area contributed by atoms with Crippen LogP contribution in [0.3, 0.4) is 0 Å². The van der Waals surface area contributed by atoms with E-state index in [-0.39, 0.29) is 15.9 Å². The first-order valence-corrected chi connectivity index (χ1v) is 8.98. The highest BCUT2D eigenvalue weighted by atomic mass is 32.2. The fourth-order valence-corrected chi connectivity index (χ4v) is 3.94. The van der Waals surface area contributed by atoms with Gasteiger partial charge in [-0.25, -0.2) is 13.1 Å². The normalized spacial score (nSPS) is 13.2. The van der Waals surface area contributed by atoms with Crippen molar-refractivity contribution in [1.29, 1.82) is 0 Å². The van der Waals surface area contributed by atoms with Crippen molar-refractivity contribution in [2.45, 2.75) is 24.8 Å². The van der Waals surface area contributed by atoms with Crippen molar-refractivity contribution in [2.75, 3.05) is 12.0 Å². The van der Waals surface area contributed by atoms with Gasteiger partial charge < -0.3 is 5.73 Å². The van der Waals surface area contributed by atoms with Crippen molar-refractivity contribution in [2.24, 2.45) is 5.73 Å². The summed E-state index contributed by atoms with van der Waals surface area (Å²) in [6.07, 6.45) is 1.94. The van der Waals surface area contributed by atoms with Gasteiger partial charge in [0.25, 0.3) is 0 Å². The summed E-state index contributed by atoms with van der Waals surface area (Å²) >= 11 is 6.50. The Labute approximate surface area is 124 Å². The molecule has 0 saturated carbocycles. The fraction of sp³-hybridized carbons (Fsp3) is 0.417. The van der Waals surface area contributed by atoms with Crippen molar-refractivity contribution < 1.29 is 8.42 Å². The highest BCUT2D eigenvalue weighted by Gasteiger charge is 2.18. The van der Waals surface area contributed by atoms with Crippen LogP contribution < -0.4 is 10.5 Å². The average Bonchev–Trinajstić information content (AvgIpc) is 2.27. The van der Waals surface area contributed by atoms with Crippen LogP contribution in [0.1, 0.15) is 18.1 Å². The molecule has 1 atom stereocenters. The van der Waals surface area contributed by atoms with Crippen LogP contribution in [-0.4, -0.2) is 31.5 Å². The van der Waals surface area contributed by atoms with Crippen molar-refractivity contribution >= 4 is 39.0 Å². The maximum atomic E-state index is 12.2. The Hall–Kier alpha value is -0.630. The molecular formula is C12H18N2O2S3. The highest BCUT2D eigenvalue weighted by Crippen LogP contribution is 2.16. The second kappa shape index (κ2) is 6.69. The molecule has 0 radical (unpaired) electrons. The van der Waals surface area contributed by atoms with Crippen LogP contribution >= 0.6 is 24.0 Å². The summed E-state index contributed by atoms with van der Waals surface area (Å²) in [4.78, 5) is 0.503. The first-order chi connectivity index (χ1) is 8.77. The second-order valence-corrected chi connectivity index (χ2v) is 7.38. The van der Waals surface area contributed by atoms with Crippen LogP contribution in [0.5, 0.6) is 0 Å². The van der Waals surface area contributed by atoms with E-state index < -0.39 is 10.0 Å². The molecule has 0 saturated heterocycles.